The van der Waals surface area contributed by atoms with E-state index in [1.54, 1.807) is 6.08 Å². The van der Waals surface area contributed by atoms with E-state index in [-0.39, 0.29) is 3.23 Å². The maximum absolute atomic E-state index is 3.61. The van der Waals surface area contributed by atoms with Crippen LogP contribution in [0.15, 0.2) is 24.8 Å². The molecule has 0 radical (unpaired) electrons. The fourth-order valence-electron chi connectivity index (χ4n) is 0.290. The van der Waals surface area contributed by atoms with Gasteiger partial charge in [0, 0.05) is 0 Å². The summed E-state index contributed by atoms with van der Waals surface area (Å²) in [6.45, 7) is 5.57. The zero-order valence-electron chi connectivity index (χ0n) is 4.70. The van der Waals surface area contributed by atoms with Gasteiger partial charge < -0.3 is 0 Å². The molecule has 0 spiro atoms. The molecule has 0 fully saturated rings. The molecule has 0 rings (SSSR count). The molecule has 0 aliphatic rings. The van der Waals surface area contributed by atoms with Crippen molar-refractivity contribution in [2.75, 3.05) is 0 Å². The summed E-state index contributed by atoms with van der Waals surface area (Å²) in [6, 6.07) is 0. The van der Waals surface area contributed by atoms with Crippen LogP contribution in [0.25, 0.3) is 0 Å². The van der Waals surface area contributed by atoms with Crippen LogP contribution in [0.1, 0.15) is 6.92 Å². The number of halogens is 2. The van der Waals surface area contributed by atoms with Gasteiger partial charge >= 0.3 is 0 Å². The number of rotatable bonds is 2. The Bertz CT molecular complexity index is 103. The van der Waals surface area contributed by atoms with E-state index in [9.17, 15) is 0 Å². The van der Waals surface area contributed by atoms with E-state index in [1.807, 2.05) is 19.1 Å². The quantitative estimate of drug-likeness (QED) is 0.513. The van der Waals surface area contributed by atoms with E-state index in [1.165, 1.54) is 0 Å². The van der Waals surface area contributed by atoms with E-state index >= 15 is 0 Å². The highest BCUT2D eigenvalue weighted by molar-refractivity contribution is 9.25. The largest absolute Gasteiger partial charge is 0.116 e. The van der Waals surface area contributed by atoms with Gasteiger partial charge in [0.1, 0.15) is 3.23 Å². The molecular formula is C6H8Br2. The molecule has 2 heteroatoms. The predicted octanol–water partition coefficient (Wildman–Crippen LogP) is 3.23. The first-order valence-corrected chi connectivity index (χ1v) is 3.86. The molecule has 0 nitrogen and oxygen atoms in total. The molecule has 0 N–H and O–H groups in total. The Labute approximate surface area is 66.9 Å². The van der Waals surface area contributed by atoms with Crippen LogP contribution in [0, 0.1) is 0 Å². The van der Waals surface area contributed by atoms with Gasteiger partial charge in [-0.3, -0.25) is 0 Å². The number of alkyl halides is 2. The van der Waals surface area contributed by atoms with Gasteiger partial charge in [0.05, 0.1) is 0 Å². The van der Waals surface area contributed by atoms with Crippen LogP contribution >= 0.6 is 31.9 Å². The van der Waals surface area contributed by atoms with E-state index in [4.69, 9.17) is 0 Å². The Balaban J connectivity index is 3.90. The summed E-state index contributed by atoms with van der Waals surface area (Å²) in [6.07, 6.45) is 5.68. The van der Waals surface area contributed by atoms with E-state index in [0.29, 0.717) is 0 Å². The van der Waals surface area contributed by atoms with Crippen molar-refractivity contribution in [2.45, 2.75) is 10.2 Å². The molecule has 0 saturated carbocycles. The van der Waals surface area contributed by atoms with Gasteiger partial charge in [-0.25, -0.2) is 0 Å². The third kappa shape index (κ3) is 3.44. The molecule has 0 aromatic heterocycles. The summed E-state index contributed by atoms with van der Waals surface area (Å²) < 4.78 is -0.200. The second-order valence-corrected chi connectivity index (χ2v) is 5.07. The van der Waals surface area contributed by atoms with Crippen LogP contribution in [0.2, 0.25) is 0 Å². The fraction of sp³-hybridized carbons (Fsp3) is 0.333. The van der Waals surface area contributed by atoms with Gasteiger partial charge in [0.2, 0.25) is 0 Å². The van der Waals surface area contributed by atoms with Crippen molar-refractivity contribution < 1.29 is 0 Å². The number of allylic oxidation sites excluding steroid dienone is 3. The molecule has 0 unspecified atom stereocenters. The molecule has 0 atom stereocenters. The third-order valence-electron chi connectivity index (χ3n) is 0.661. The van der Waals surface area contributed by atoms with E-state index in [2.05, 4.69) is 38.4 Å². The fourth-order valence-corrected chi connectivity index (χ4v) is 0.819. The van der Waals surface area contributed by atoms with Crippen molar-refractivity contribution in [3.63, 3.8) is 0 Å². The van der Waals surface area contributed by atoms with Gasteiger partial charge in [-0.2, -0.15) is 0 Å². The molecule has 0 aromatic rings. The van der Waals surface area contributed by atoms with E-state index < -0.39 is 0 Å². The molecule has 8 heavy (non-hydrogen) atoms. The Hall–Kier alpha value is 0.440. The van der Waals surface area contributed by atoms with Gasteiger partial charge in [-0.05, 0) is 6.92 Å². The Morgan fingerprint density at radius 2 is 2.00 bits per heavy atom. The van der Waals surface area contributed by atoms with Gasteiger partial charge in [-0.1, -0.05) is 50.1 Å². The van der Waals surface area contributed by atoms with Crippen molar-refractivity contribution in [3.8, 4) is 0 Å². The van der Waals surface area contributed by atoms with Crippen LogP contribution in [0.3, 0.4) is 0 Å². The molecule has 0 amide bonds. The van der Waals surface area contributed by atoms with Crippen molar-refractivity contribution in [3.05, 3.63) is 24.8 Å². The average molecular weight is 240 g/mol. The second kappa shape index (κ2) is 3.46. The summed E-state index contributed by atoms with van der Waals surface area (Å²) in [5.74, 6) is 0. The lowest BCUT2D eigenvalue weighted by Gasteiger charge is -2.06. The smallest absolute Gasteiger partial charge is 0.101 e. The first-order chi connectivity index (χ1) is 3.62. The van der Waals surface area contributed by atoms with Crippen molar-refractivity contribution in [1.29, 1.82) is 0 Å². The molecule has 0 aromatic carbocycles. The van der Waals surface area contributed by atoms with Crippen LogP contribution in [-0.4, -0.2) is 3.23 Å². The highest BCUT2D eigenvalue weighted by Gasteiger charge is 2.10. The molecule has 0 heterocycles. The number of hydrogen-bond acceptors (Lipinski definition) is 0. The molecule has 0 aliphatic heterocycles. The first-order valence-electron chi connectivity index (χ1n) is 2.27. The summed E-state index contributed by atoms with van der Waals surface area (Å²) in [5, 5.41) is 0. The Morgan fingerprint density at radius 1 is 1.50 bits per heavy atom. The van der Waals surface area contributed by atoms with Gasteiger partial charge in [-0.15, -0.1) is 6.58 Å². The maximum Gasteiger partial charge on any atom is 0.116 e. The molecule has 46 valence electrons. The highest BCUT2D eigenvalue weighted by Crippen LogP contribution is 2.28. The summed E-state index contributed by atoms with van der Waals surface area (Å²) in [4.78, 5) is 0. The van der Waals surface area contributed by atoms with Crippen molar-refractivity contribution in [2.24, 2.45) is 0 Å². The van der Waals surface area contributed by atoms with Crippen LogP contribution in [0.4, 0.5) is 0 Å². The SMILES string of the molecule is C=CC(Br)(Br)/C=C/C. The van der Waals surface area contributed by atoms with Gasteiger partial charge in [0.25, 0.3) is 0 Å². The highest BCUT2D eigenvalue weighted by atomic mass is 79.9. The monoisotopic (exact) mass is 238 g/mol. The van der Waals surface area contributed by atoms with Crippen molar-refractivity contribution >= 4 is 31.9 Å². The summed E-state index contributed by atoms with van der Waals surface area (Å²) in [7, 11) is 0. The van der Waals surface area contributed by atoms with Crippen molar-refractivity contribution in [1.82, 2.24) is 0 Å². The van der Waals surface area contributed by atoms with Gasteiger partial charge in [0.15, 0.2) is 0 Å². The Kier molecular flexibility index (Phi) is 3.65. The van der Waals surface area contributed by atoms with Crippen LogP contribution in [0.5, 0.6) is 0 Å². The maximum atomic E-state index is 3.61. The lowest BCUT2D eigenvalue weighted by Crippen LogP contribution is -1.98. The topological polar surface area (TPSA) is 0 Å². The van der Waals surface area contributed by atoms with Crippen LogP contribution < -0.4 is 0 Å². The number of hydrogen-bond donors (Lipinski definition) is 0. The molecule has 0 bridgehead atoms. The second-order valence-electron chi connectivity index (χ2n) is 1.38. The van der Waals surface area contributed by atoms with Crippen LogP contribution in [-0.2, 0) is 0 Å². The summed E-state index contributed by atoms with van der Waals surface area (Å²) in [5.41, 5.74) is 0. The first kappa shape index (κ1) is 8.44. The molecular weight excluding hydrogens is 232 g/mol. The lowest BCUT2D eigenvalue weighted by molar-refractivity contribution is 1.37. The lowest BCUT2D eigenvalue weighted by atomic mass is 10.4. The summed E-state index contributed by atoms with van der Waals surface area (Å²) >= 11 is 6.71. The average Bonchev–Trinajstić information content (AvgIpc) is 1.67. The minimum Gasteiger partial charge on any atom is -0.101 e. The van der Waals surface area contributed by atoms with E-state index in [0.717, 1.165) is 0 Å². The normalized spacial score (nSPS) is 12.4. The zero-order chi connectivity index (χ0) is 6.62. The third-order valence-corrected chi connectivity index (χ3v) is 1.84. The molecule has 0 aliphatic carbocycles. The Morgan fingerprint density at radius 3 is 2.12 bits per heavy atom. The zero-order valence-corrected chi connectivity index (χ0v) is 7.87. The minimum atomic E-state index is -0.200. The molecule has 0 saturated heterocycles. The minimum absolute atomic E-state index is 0.200. The predicted molar refractivity (Wildman–Crippen MR) is 45.6 cm³/mol. The standard InChI is InChI=1S/C6H8Br2/c1-3-5-6(7,8)4-2/h3-5H,2H2,1H3/b5-3+.